The summed E-state index contributed by atoms with van der Waals surface area (Å²) < 4.78 is 7.06. The summed E-state index contributed by atoms with van der Waals surface area (Å²) in [6.07, 6.45) is -0.644. The predicted octanol–water partition coefficient (Wildman–Crippen LogP) is 1.51. The van der Waals surface area contributed by atoms with Gasteiger partial charge in [-0.25, -0.2) is 4.68 Å². The van der Waals surface area contributed by atoms with Gasteiger partial charge in [-0.05, 0) is 48.5 Å². The Morgan fingerprint density at radius 2 is 2.00 bits per heavy atom. The molecule has 0 aliphatic carbocycles. The van der Waals surface area contributed by atoms with Gasteiger partial charge in [0.15, 0.2) is 11.9 Å². The van der Waals surface area contributed by atoms with Gasteiger partial charge < -0.3 is 10.1 Å². The van der Waals surface area contributed by atoms with Crippen molar-refractivity contribution in [3.63, 3.8) is 0 Å². The Bertz CT molecular complexity index is 613. The maximum absolute atomic E-state index is 12.1. The summed E-state index contributed by atoms with van der Waals surface area (Å²) in [5, 5.41) is 14.5. The molecule has 2 atom stereocenters. The lowest BCUT2D eigenvalue weighted by Crippen LogP contribution is -2.38. The van der Waals surface area contributed by atoms with E-state index in [1.165, 1.54) is 4.68 Å². The third kappa shape index (κ3) is 3.91. The monoisotopic (exact) mass is 309 g/mol. The maximum Gasteiger partial charge on any atom is 0.261 e. The molecule has 21 heavy (non-hydrogen) atoms. The molecule has 1 N–H and O–H groups in total. The van der Waals surface area contributed by atoms with Crippen molar-refractivity contribution in [1.82, 2.24) is 25.5 Å². The van der Waals surface area contributed by atoms with Gasteiger partial charge in [-0.15, -0.1) is 5.10 Å². The zero-order valence-corrected chi connectivity index (χ0v) is 12.7. The van der Waals surface area contributed by atoms with Crippen molar-refractivity contribution in [2.75, 3.05) is 0 Å². The molecule has 0 unspecified atom stereocenters. The van der Waals surface area contributed by atoms with E-state index in [0.29, 0.717) is 16.6 Å². The van der Waals surface area contributed by atoms with E-state index in [2.05, 4.69) is 20.8 Å². The number of ether oxygens (including phenoxy) is 1. The Kier molecular flexibility index (Phi) is 4.74. The number of amides is 1. The number of tetrazole rings is 1. The van der Waals surface area contributed by atoms with Crippen molar-refractivity contribution in [2.45, 2.75) is 26.0 Å². The summed E-state index contributed by atoms with van der Waals surface area (Å²) in [4.78, 5) is 12.1. The summed E-state index contributed by atoms with van der Waals surface area (Å²) >= 11 is 5.80. The van der Waals surface area contributed by atoms with E-state index in [0.717, 1.165) is 0 Å². The van der Waals surface area contributed by atoms with Crippen LogP contribution in [-0.2, 0) is 11.8 Å². The molecular weight excluding hydrogens is 294 g/mol. The SMILES string of the molecule is C[C@H](Oc1ccc(Cl)cc1)C(=O)N[C@H](C)c1nnnn1C. The number of rotatable bonds is 5. The van der Waals surface area contributed by atoms with Gasteiger partial charge in [-0.3, -0.25) is 4.79 Å². The van der Waals surface area contributed by atoms with Crippen molar-refractivity contribution in [3.05, 3.63) is 35.1 Å². The van der Waals surface area contributed by atoms with Gasteiger partial charge in [0, 0.05) is 12.1 Å². The third-order valence-corrected chi connectivity index (χ3v) is 3.15. The fourth-order valence-corrected chi connectivity index (χ4v) is 1.90. The normalized spacial score (nSPS) is 13.5. The molecule has 0 fully saturated rings. The Hall–Kier alpha value is -2.15. The highest BCUT2D eigenvalue weighted by molar-refractivity contribution is 6.30. The molecule has 0 saturated carbocycles. The average Bonchev–Trinajstić information content (AvgIpc) is 2.87. The highest BCUT2D eigenvalue weighted by atomic mass is 35.5. The van der Waals surface area contributed by atoms with E-state index in [4.69, 9.17) is 16.3 Å². The molecule has 0 aliphatic heterocycles. The quantitative estimate of drug-likeness (QED) is 0.905. The highest BCUT2D eigenvalue weighted by Crippen LogP contribution is 2.17. The first-order valence-corrected chi connectivity index (χ1v) is 6.80. The van der Waals surface area contributed by atoms with Crippen molar-refractivity contribution >= 4 is 17.5 Å². The summed E-state index contributed by atoms with van der Waals surface area (Å²) in [7, 11) is 1.71. The first-order chi connectivity index (χ1) is 9.97. The molecule has 1 aromatic heterocycles. The molecule has 1 amide bonds. The van der Waals surface area contributed by atoms with Crippen LogP contribution < -0.4 is 10.1 Å². The molecule has 0 saturated heterocycles. The van der Waals surface area contributed by atoms with Crippen LogP contribution in [0.15, 0.2) is 24.3 Å². The number of hydrogen-bond acceptors (Lipinski definition) is 5. The summed E-state index contributed by atoms with van der Waals surface area (Å²) in [6, 6.07) is 6.52. The predicted molar refractivity (Wildman–Crippen MR) is 76.9 cm³/mol. The number of nitrogens with zero attached hydrogens (tertiary/aromatic N) is 4. The Morgan fingerprint density at radius 1 is 1.33 bits per heavy atom. The lowest BCUT2D eigenvalue weighted by Gasteiger charge is -2.17. The van der Waals surface area contributed by atoms with Gasteiger partial charge in [-0.2, -0.15) is 0 Å². The van der Waals surface area contributed by atoms with Crippen molar-refractivity contribution in [3.8, 4) is 5.75 Å². The van der Waals surface area contributed by atoms with Gasteiger partial charge in [0.25, 0.3) is 5.91 Å². The second-order valence-corrected chi connectivity index (χ2v) is 5.04. The van der Waals surface area contributed by atoms with Gasteiger partial charge in [0.05, 0.1) is 6.04 Å². The van der Waals surface area contributed by atoms with E-state index < -0.39 is 6.10 Å². The van der Waals surface area contributed by atoms with E-state index in [1.54, 1.807) is 45.2 Å². The van der Waals surface area contributed by atoms with E-state index in [9.17, 15) is 4.79 Å². The molecule has 0 aliphatic rings. The fraction of sp³-hybridized carbons (Fsp3) is 0.385. The van der Waals surface area contributed by atoms with E-state index >= 15 is 0 Å². The Balaban J connectivity index is 1.93. The third-order valence-electron chi connectivity index (χ3n) is 2.89. The minimum atomic E-state index is -0.644. The number of carbonyl (C=O) groups is 1. The Morgan fingerprint density at radius 3 is 2.57 bits per heavy atom. The van der Waals surface area contributed by atoms with E-state index in [1.807, 2.05) is 0 Å². The second kappa shape index (κ2) is 6.53. The smallest absolute Gasteiger partial charge is 0.261 e. The van der Waals surface area contributed by atoms with Crippen LogP contribution in [-0.4, -0.2) is 32.2 Å². The van der Waals surface area contributed by atoms with Gasteiger partial charge in [0.1, 0.15) is 5.75 Å². The Labute approximate surface area is 127 Å². The summed E-state index contributed by atoms with van der Waals surface area (Å²) in [6.45, 7) is 3.48. The minimum absolute atomic E-state index is 0.250. The number of benzene rings is 1. The number of halogens is 1. The molecule has 2 rings (SSSR count). The molecule has 1 aromatic carbocycles. The van der Waals surface area contributed by atoms with Crippen LogP contribution in [0.25, 0.3) is 0 Å². The van der Waals surface area contributed by atoms with Crippen LogP contribution in [0, 0.1) is 0 Å². The van der Waals surface area contributed by atoms with Crippen LogP contribution in [0.2, 0.25) is 5.02 Å². The lowest BCUT2D eigenvalue weighted by atomic mass is 10.2. The number of hydrogen-bond donors (Lipinski definition) is 1. The number of aromatic nitrogens is 4. The molecular formula is C13H16ClN5O2. The van der Waals surface area contributed by atoms with Crippen LogP contribution in [0.4, 0.5) is 0 Å². The first kappa shape index (κ1) is 15.2. The van der Waals surface area contributed by atoms with E-state index in [-0.39, 0.29) is 11.9 Å². The standard InChI is InChI=1S/C13H16ClN5O2/c1-8(12-16-17-18-19(12)3)15-13(20)9(2)21-11-6-4-10(14)5-7-11/h4-9H,1-3H3,(H,15,20)/t8-,9+/m1/s1. The first-order valence-electron chi connectivity index (χ1n) is 6.42. The fourth-order valence-electron chi connectivity index (χ4n) is 1.77. The molecule has 112 valence electrons. The highest BCUT2D eigenvalue weighted by Gasteiger charge is 2.20. The van der Waals surface area contributed by atoms with Gasteiger partial charge in [-0.1, -0.05) is 11.6 Å². The van der Waals surface area contributed by atoms with Gasteiger partial charge in [0.2, 0.25) is 0 Å². The van der Waals surface area contributed by atoms with Crippen molar-refractivity contribution in [1.29, 1.82) is 0 Å². The summed E-state index contributed by atoms with van der Waals surface area (Å²) in [5.41, 5.74) is 0. The number of aryl methyl sites for hydroxylation is 1. The molecule has 7 nitrogen and oxygen atoms in total. The zero-order chi connectivity index (χ0) is 15.4. The molecule has 0 radical (unpaired) electrons. The molecule has 8 heteroatoms. The van der Waals surface area contributed by atoms with Crippen molar-refractivity contribution < 1.29 is 9.53 Å². The number of nitrogens with one attached hydrogen (secondary N) is 1. The summed E-state index contributed by atoms with van der Waals surface area (Å²) in [5.74, 6) is 0.900. The van der Waals surface area contributed by atoms with Crippen molar-refractivity contribution in [2.24, 2.45) is 7.05 Å². The van der Waals surface area contributed by atoms with Crippen LogP contribution >= 0.6 is 11.6 Å². The average molecular weight is 310 g/mol. The molecule has 2 aromatic rings. The maximum atomic E-state index is 12.1. The van der Waals surface area contributed by atoms with Crippen LogP contribution in [0.5, 0.6) is 5.75 Å². The molecule has 1 heterocycles. The zero-order valence-electron chi connectivity index (χ0n) is 11.9. The molecule has 0 spiro atoms. The lowest BCUT2D eigenvalue weighted by molar-refractivity contribution is -0.128. The van der Waals surface area contributed by atoms with Crippen LogP contribution in [0.3, 0.4) is 0 Å². The molecule has 0 bridgehead atoms. The van der Waals surface area contributed by atoms with Gasteiger partial charge >= 0.3 is 0 Å². The second-order valence-electron chi connectivity index (χ2n) is 4.60. The largest absolute Gasteiger partial charge is 0.481 e. The minimum Gasteiger partial charge on any atom is -0.481 e. The number of carbonyl (C=O) groups excluding carboxylic acids is 1. The van der Waals surface area contributed by atoms with Crippen LogP contribution in [0.1, 0.15) is 25.7 Å². The topological polar surface area (TPSA) is 81.9 Å².